The smallest absolute Gasteiger partial charge is 0.309 e. The lowest BCUT2D eigenvalue weighted by Gasteiger charge is -2.38. The van der Waals surface area contributed by atoms with Crippen molar-refractivity contribution in [2.75, 3.05) is 0 Å². The lowest BCUT2D eigenvalue weighted by Crippen LogP contribution is -2.40. The van der Waals surface area contributed by atoms with Crippen LogP contribution >= 0.6 is 0 Å². The van der Waals surface area contributed by atoms with Crippen molar-refractivity contribution in [2.24, 2.45) is 17.9 Å². The summed E-state index contributed by atoms with van der Waals surface area (Å²) in [5, 5.41) is 9.65. The molecule has 4 heteroatoms. The molecule has 1 heterocycles. The summed E-state index contributed by atoms with van der Waals surface area (Å²) in [6.45, 7) is 6.01. The van der Waals surface area contributed by atoms with Crippen LogP contribution in [0.4, 0.5) is 0 Å². The predicted molar refractivity (Wildman–Crippen MR) is 82.2 cm³/mol. The highest BCUT2D eigenvalue weighted by Gasteiger charge is 2.57. The van der Waals surface area contributed by atoms with Crippen molar-refractivity contribution in [1.29, 1.82) is 0 Å². The van der Waals surface area contributed by atoms with E-state index in [1.54, 1.807) is 0 Å². The molecule has 1 aromatic heterocycles. The number of para-hydroxylation sites is 2. The third kappa shape index (κ3) is 1.74. The molecule has 1 aliphatic rings. The Kier molecular flexibility index (Phi) is 2.91. The highest BCUT2D eigenvalue weighted by Crippen LogP contribution is 2.59. The molecule has 2 atom stereocenters. The quantitative estimate of drug-likeness (QED) is 0.918. The number of rotatable bonds is 2. The number of carbonyl (C=O) groups is 1. The lowest BCUT2D eigenvalue weighted by atomic mass is 9.65. The lowest BCUT2D eigenvalue weighted by molar-refractivity contribution is -0.153. The van der Waals surface area contributed by atoms with E-state index in [-0.39, 0.29) is 11.3 Å². The van der Waals surface area contributed by atoms with E-state index >= 15 is 0 Å². The van der Waals surface area contributed by atoms with Crippen molar-refractivity contribution in [3.8, 4) is 0 Å². The molecule has 0 bridgehead atoms. The first-order valence-electron chi connectivity index (χ1n) is 7.44. The topological polar surface area (TPSA) is 55.1 Å². The van der Waals surface area contributed by atoms with E-state index in [2.05, 4.69) is 24.5 Å². The molecule has 0 aliphatic heterocycles. The number of imidazole rings is 1. The minimum Gasteiger partial charge on any atom is -0.481 e. The number of hydrogen-bond acceptors (Lipinski definition) is 2. The van der Waals surface area contributed by atoms with Gasteiger partial charge in [-0.1, -0.05) is 26.0 Å². The molecule has 0 amide bonds. The molecule has 1 saturated carbocycles. The Labute approximate surface area is 124 Å². The van der Waals surface area contributed by atoms with Crippen LogP contribution in [0.25, 0.3) is 11.0 Å². The SMILES string of the molecule is Cn1c([C@H]2CC[C@](C)(C(=O)O)C2(C)C)nc2ccccc21. The molecule has 0 unspecified atom stereocenters. The molecule has 1 fully saturated rings. The average molecular weight is 286 g/mol. The third-order valence-electron chi connectivity index (χ3n) is 5.83. The van der Waals surface area contributed by atoms with Gasteiger partial charge in [-0.15, -0.1) is 0 Å². The maximum Gasteiger partial charge on any atom is 0.309 e. The zero-order valence-corrected chi connectivity index (χ0v) is 13.1. The number of hydrogen-bond donors (Lipinski definition) is 1. The molecule has 1 N–H and O–H groups in total. The molecule has 0 saturated heterocycles. The number of benzene rings is 1. The Hall–Kier alpha value is -1.84. The van der Waals surface area contributed by atoms with Gasteiger partial charge in [-0.25, -0.2) is 4.98 Å². The van der Waals surface area contributed by atoms with Gasteiger partial charge in [0, 0.05) is 13.0 Å². The van der Waals surface area contributed by atoms with Crippen LogP contribution < -0.4 is 0 Å². The summed E-state index contributed by atoms with van der Waals surface area (Å²) < 4.78 is 2.12. The van der Waals surface area contributed by atoms with E-state index in [0.717, 1.165) is 23.3 Å². The first kappa shape index (κ1) is 14.1. The van der Waals surface area contributed by atoms with Crippen LogP contribution in [0.3, 0.4) is 0 Å². The van der Waals surface area contributed by atoms with E-state index in [9.17, 15) is 9.90 Å². The summed E-state index contributed by atoms with van der Waals surface area (Å²) in [5.74, 6) is 0.468. The van der Waals surface area contributed by atoms with Crippen LogP contribution in [0.15, 0.2) is 24.3 Å². The zero-order chi connectivity index (χ0) is 15.4. The fourth-order valence-corrected chi connectivity index (χ4v) is 3.81. The Morgan fingerprint density at radius 3 is 2.57 bits per heavy atom. The first-order chi connectivity index (χ1) is 9.79. The van der Waals surface area contributed by atoms with Crippen LogP contribution in [0.5, 0.6) is 0 Å². The molecule has 1 aromatic carbocycles. The Balaban J connectivity index is 2.12. The van der Waals surface area contributed by atoms with Crippen LogP contribution in [0.1, 0.15) is 45.4 Å². The second kappa shape index (κ2) is 4.33. The van der Waals surface area contributed by atoms with E-state index in [1.807, 2.05) is 32.2 Å². The average Bonchev–Trinajstić information content (AvgIpc) is 2.87. The molecule has 112 valence electrons. The first-order valence-corrected chi connectivity index (χ1v) is 7.44. The summed E-state index contributed by atoms with van der Waals surface area (Å²) in [5.41, 5.74) is 1.06. The van der Waals surface area contributed by atoms with E-state index in [0.29, 0.717) is 6.42 Å². The highest BCUT2D eigenvalue weighted by atomic mass is 16.4. The maximum atomic E-state index is 11.7. The Morgan fingerprint density at radius 2 is 2.00 bits per heavy atom. The maximum absolute atomic E-state index is 11.7. The van der Waals surface area contributed by atoms with E-state index < -0.39 is 11.4 Å². The van der Waals surface area contributed by atoms with Gasteiger partial charge in [-0.05, 0) is 37.3 Å². The number of carboxylic acid groups (broad SMARTS) is 1. The monoisotopic (exact) mass is 286 g/mol. The molecule has 1 aliphatic carbocycles. The van der Waals surface area contributed by atoms with Gasteiger partial charge in [-0.2, -0.15) is 0 Å². The standard InChI is InChI=1S/C17H22N2O2/c1-16(2)11(9-10-17(16,3)15(20)21)14-18-12-7-5-6-8-13(12)19(14)4/h5-8,11H,9-10H2,1-4H3,(H,20,21)/t11-,17-/m1/s1. The normalized spacial score (nSPS) is 28.1. The minimum atomic E-state index is -0.700. The number of aromatic nitrogens is 2. The van der Waals surface area contributed by atoms with E-state index in [4.69, 9.17) is 4.98 Å². The number of carboxylic acids is 1. The molecule has 3 rings (SSSR count). The van der Waals surface area contributed by atoms with Crippen molar-refractivity contribution < 1.29 is 9.90 Å². The molecular formula is C17H22N2O2. The van der Waals surface area contributed by atoms with Crippen LogP contribution in [0.2, 0.25) is 0 Å². The van der Waals surface area contributed by atoms with E-state index in [1.165, 1.54) is 0 Å². The van der Waals surface area contributed by atoms with Crippen molar-refractivity contribution in [2.45, 2.75) is 39.5 Å². The van der Waals surface area contributed by atoms with Gasteiger partial charge >= 0.3 is 5.97 Å². The van der Waals surface area contributed by atoms with Gasteiger partial charge in [0.2, 0.25) is 0 Å². The van der Waals surface area contributed by atoms with Gasteiger partial charge < -0.3 is 9.67 Å². The van der Waals surface area contributed by atoms with Crippen molar-refractivity contribution in [3.63, 3.8) is 0 Å². The van der Waals surface area contributed by atoms with Crippen molar-refractivity contribution in [1.82, 2.24) is 9.55 Å². The molecular weight excluding hydrogens is 264 g/mol. The minimum absolute atomic E-state index is 0.163. The highest BCUT2D eigenvalue weighted by molar-refractivity contribution is 5.77. The molecule has 2 aromatic rings. The summed E-state index contributed by atoms with van der Waals surface area (Å²) in [7, 11) is 2.02. The van der Waals surface area contributed by atoms with Crippen LogP contribution in [0, 0.1) is 10.8 Å². The summed E-state index contributed by atoms with van der Waals surface area (Å²) in [6, 6.07) is 8.07. The second-order valence-electron chi connectivity index (χ2n) is 6.97. The van der Waals surface area contributed by atoms with Gasteiger partial charge in [0.1, 0.15) is 5.82 Å². The summed E-state index contributed by atoms with van der Waals surface area (Å²) >= 11 is 0. The number of aliphatic carboxylic acids is 1. The molecule has 0 spiro atoms. The van der Waals surface area contributed by atoms with Gasteiger partial charge in [0.15, 0.2) is 0 Å². The number of nitrogens with zero attached hydrogens (tertiary/aromatic N) is 2. The summed E-state index contributed by atoms with van der Waals surface area (Å²) in [6.07, 6.45) is 1.57. The van der Waals surface area contributed by atoms with Crippen molar-refractivity contribution in [3.05, 3.63) is 30.1 Å². The summed E-state index contributed by atoms with van der Waals surface area (Å²) in [4.78, 5) is 16.5. The predicted octanol–water partition coefficient (Wildman–Crippen LogP) is 3.57. The van der Waals surface area contributed by atoms with Crippen LogP contribution in [-0.4, -0.2) is 20.6 Å². The third-order valence-corrected chi connectivity index (χ3v) is 5.83. The second-order valence-corrected chi connectivity index (χ2v) is 6.97. The number of aryl methyl sites for hydroxylation is 1. The van der Waals surface area contributed by atoms with Crippen molar-refractivity contribution >= 4 is 17.0 Å². The Morgan fingerprint density at radius 1 is 1.33 bits per heavy atom. The zero-order valence-electron chi connectivity index (χ0n) is 13.1. The number of fused-ring (bicyclic) bond motifs is 1. The molecule has 21 heavy (non-hydrogen) atoms. The Bertz CT molecular complexity index is 717. The fourth-order valence-electron chi connectivity index (χ4n) is 3.81. The van der Waals surface area contributed by atoms with Gasteiger partial charge in [-0.3, -0.25) is 4.79 Å². The largest absolute Gasteiger partial charge is 0.481 e. The van der Waals surface area contributed by atoms with Gasteiger partial charge in [0.25, 0.3) is 0 Å². The van der Waals surface area contributed by atoms with Gasteiger partial charge in [0.05, 0.1) is 16.4 Å². The molecule has 4 nitrogen and oxygen atoms in total. The molecule has 0 radical (unpaired) electrons. The van der Waals surface area contributed by atoms with Crippen LogP contribution in [-0.2, 0) is 11.8 Å². The fraction of sp³-hybridized carbons (Fsp3) is 0.529.